The molecule has 0 saturated carbocycles. The summed E-state index contributed by atoms with van der Waals surface area (Å²) in [6.45, 7) is 0. The van der Waals surface area contributed by atoms with Gasteiger partial charge in [-0.1, -0.05) is 59.9 Å². The normalized spacial score (nSPS) is 10.5. The van der Waals surface area contributed by atoms with Crippen LogP contribution in [0, 0.1) is 0 Å². The second-order valence-corrected chi connectivity index (χ2v) is 9.57. The third-order valence-electron chi connectivity index (χ3n) is 4.86. The Morgan fingerprint density at radius 1 is 0.600 bits per heavy atom. The van der Waals surface area contributed by atoms with E-state index in [-0.39, 0.29) is 11.8 Å². The molecule has 0 aliphatic heterocycles. The lowest BCUT2D eigenvalue weighted by molar-refractivity contribution is -0.114. The third kappa shape index (κ3) is 8.27. The van der Waals surface area contributed by atoms with E-state index in [4.69, 9.17) is 0 Å². The maximum atomic E-state index is 12.2. The Morgan fingerprint density at radius 2 is 1.03 bits per heavy atom. The van der Waals surface area contributed by atoms with Gasteiger partial charge in [-0.25, -0.2) is 9.97 Å². The van der Waals surface area contributed by atoms with Crippen molar-refractivity contribution in [2.24, 2.45) is 0 Å². The van der Waals surface area contributed by atoms with Gasteiger partial charge in [0.15, 0.2) is 0 Å². The van der Waals surface area contributed by atoms with Crippen molar-refractivity contribution in [2.75, 3.05) is 22.1 Å². The summed E-state index contributed by atoms with van der Waals surface area (Å²) in [5, 5.41) is 7.48. The zero-order chi connectivity index (χ0) is 24.3. The summed E-state index contributed by atoms with van der Waals surface area (Å²) in [6, 6.07) is 26.9. The summed E-state index contributed by atoms with van der Waals surface area (Å²) in [4.78, 5) is 32.8. The van der Waals surface area contributed by atoms with Crippen molar-refractivity contribution in [3.8, 4) is 0 Å². The van der Waals surface area contributed by atoms with Gasteiger partial charge < -0.3 is 10.6 Å². The molecule has 0 spiro atoms. The summed E-state index contributed by atoms with van der Waals surface area (Å²) in [7, 11) is 0. The van der Waals surface area contributed by atoms with Gasteiger partial charge in [-0.3, -0.25) is 9.59 Å². The highest BCUT2D eigenvalue weighted by Gasteiger charge is 2.06. The van der Waals surface area contributed by atoms with Gasteiger partial charge in [-0.2, -0.15) is 0 Å². The van der Waals surface area contributed by atoms with Crippen LogP contribution < -0.4 is 10.6 Å². The van der Waals surface area contributed by atoms with E-state index >= 15 is 0 Å². The molecule has 0 saturated heterocycles. The highest BCUT2D eigenvalue weighted by Crippen LogP contribution is 2.19. The molecule has 35 heavy (non-hydrogen) atoms. The van der Waals surface area contributed by atoms with Crippen LogP contribution >= 0.6 is 23.5 Å². The van der Waals surface area contributed by atoms with E-state index in [9.17, 15) is 9.59 Å². The molecule has 0 aliphatic rings. The lowest BCUT2D eigenvalue weighted by Crippen LogP contribution is -2.14. The second kappa shape index (κ2) is 12.7. The Morgan fingerprint density at radius 3 is 1.40 bits per heavy atom. The number of thioether (sulfide) groups is 2. The van der Waals surface area contributed by atoms with Crippen LogP contribution in [0.3, 0.4) is 0 Å². The number of nitrogens with zero attached hydrogens (tertiary/aromatic N) is 2. The molecule has 4 aromatic rings. The molecule has 2 heterocycles. The Labute approximate surface area is 213 Å². The Kier molecular flexibility index (Phi) is 8.91. The van der Waals surface area contributed by atoms with Crippen molar-refractivity contribution in [3.63, 3.8) is 0 Å². The van der Waals surface area contributed by atoms with Crippen molar-refractivity contribution >= 4 is 46.7 Å². The molecule has 0 unspecified atom stereocenters. The van der Waals surface area contributed by atoms with Crippen molar-refractivity contribution in [3.05, 3.63) is 108 Å². The highest BCUT2D eigenvalue weighted by atomic mass is 32.2. The molecule has 0 aliphatic carbocycles. The van der Waals surface area contributed by atoms with E-state index in [1.807, 2.05) is 84.9 Å². The number of benzene rings is 2. The summed E-state index contributed by atoms with van der Waals surface area (Å²) in [5.74, 6) is 0.487. The average Bonchev–Trinajstić information content (AvgIpc) is 2.90. The third-order valence-corrected chi connectivity index (χ3v) is 6.75. The van der Waals surface area contributed by atoms with Crippen LogP contribution in [0.1, 0.15) is 11.1 Å². The number of nitrogens with one attached hydrogen (secondary N) is 2. The molecule has 4 rings (SSSR count). The van der Waals surface area contributed by atoms with Crippen LogP contribution in [-0.2, 0) is 16.0 Å². The Bertz CT molecular complexity index is 1140. The molecule has 0 fully saturated rings. The van der Waals surface area contributed by atoms with Crippen LogP contribution in [-0.4, -0.2) is 33.3 Å². The van der Waals surface area contributed by atoms with E-state index in [1.54, 1.807) is 12.4 Å². The van der Waals surface area contributed by atoms with E-state index in [1.165, 1.54) is 23.5 Å². The highest BCUT2D eigenvalue weighted by molar-refractivity contribution is 8.00. The first-order chi connectivity index (χ1) is 17.1. The van der Waals surface area contributed by atoms with Crippen LogP contribution in [0.2, 0.25) is 0 Å². The molecule has 2 amide bonds. The van der Waals surface area contributed by atoms with Gasteiger partial charge in [-0.15, -0.1) is 0 Å². The minimum Gasteiger partial charge on any atom is -0.325 e. The molecule has 0 bridgehead atoms. The molecule has 0 radical (unpaired) electrons. The van der Waals surface area contributed by atoms with Crippen molar-refractivity contribution in [1.82, 2.24) is 9.97 Å². The summed E-state index contributed by atoms with van der Waals surface area (Å²) in [6.07, 6.45) is 4.19. The first-order valence-electron chi connectivity index (χ1n) is 11.0. The van der Waals surface area contributed by atoms with E-state index < -0.39 is 0 Å². The van der Waals surface area contributed by atoms with Crippen molar-refractivity contribution < 1.29 is 9.59 Å². The van der Waals surface area contributed by atoms with Crippen LogP contribution in [0.4, 0.5) is 11.4 Å². The fourth-order valence-electron chi connectivity index (χ4n) is 3.19. The lowest BCUT2D eigenvalue weighted by Gasteiger charge is -2.08. The van der Waals surface area contributed by atoms with Crippen molar-refractivity contribution in [2.45, 2.75) is 16.5 Å². The van der Waals surface area contributed by atoms with Crippen LogP contribution in [0.5, 0.6) is 0 Å². The maximum Gasteiger partial charge on any atom is 0.234 e. The standard InChI is InChI=1S/C27H24N4O2S2/c32-24(18-34-26-5-1-3-15-28-26)30-22-11-7-20(8-12-22)17-21-9-13-23(14-10-21)31-25(33)19-35-27-6-2-4-16-29-27/h1-16H,17-19H2,(H,30,32)(H,31,33). The predicted molar refractivity (Wildman–Crippen MR) is 143 cm³/mol. The van der Waals surface area contributed by atoms with Crippen LogP contribution in [0.15, 0.2) is 107 Å². The topological polar surface area (TPSA) is 84.0 Å². The SMILES string of the molecule is O=C(CSc1ccccn1)Nc1ccc(Cc2ccc(NC(=O)CSc3ccccn3)cc2)cc1. The smallest absolute Gasteiger partial charge is 0.234 e. The number of amides is 2. The molecule has 6 nitrogen and oxygen atoms in total. The number of aromatic nitrogens is 2. The fraction of sp³-hybridized carbons (Fsp3) is 0.111. The number of hydrogen-bond acceptors (Lipinski definition) is 6. The zero-order valence-electron chi connectivity index (χ0n) is 18.9. The minimum atomic E-state index is -0.0653. The number of pyridine rings is 2. The molecular formula is C27H24N4O2S2. The predicted octanol–water partition coefficient (Wildman–Crippen LogP) is 5.53. The fourth-order valence-corrected chi connectivity index (χ4v) is 4.51. The lowest BCUT2D eigenvalue weighted by atomic mass is 10.0. The zero-order valence-corrected chi connectivity index (χ0v) is 20.5. The maximum absolute atomic E-state index is 12.2. The summed E-state index contributed by atoms with van der Waals surface area (Å²) < 4.78 is 0. The number of anilines is 2. The molecule has 2 aromatic heterocycles. The van der Waals surface area contributed by atoms with Gasteiger partial charge >= 0.3 is 0 Å². The minimum absolute atomic E-state index is 0.0653. The number of rotatable bonds is 10. The van der Waals surface area contributed by atoms with E-state index in [2.05, 4.69) is 20.6 Å². The van der Waals surface area contributed by atoms with E-state index in [0.29, 0.717) is 11.5 Å². The Hall–Kier alpha value is -3.62. The van der Waals surface area contributed by atoms with E-state index in [0.717, 1.165) is 39.0 Å². The molecule has 2 N–H and O–H groups in total. The monoisotopic (exact) mass is 500 g/mol. The quantitative estimate of drug-likeness (QED) is 0.279. The molecule has 8 heteroatoms. The molecule has 0 atom stereocenters. The van der Waals surface area contributed by atoms with Gasteiger partial charge in [0.05, 0.1) is 21.6 Å². The molecular weight excluding hydrogens is 476 g/mol. The van der Waals surface area contributed by atoms with Gasteiger partial charge in [0.2, 0.25) is 11.8 Å². The first kappa shape index (κ1) is 24.5. The van der Waals surface area contributed by atoms with Gasteiger partial charge in [0.25, 0.3) is 0 Å². The molecule has 176 valence electrons. The Balaban J connectivity index is 1.21. The van der Waals surface area contributed by atoms with Gasteiger partial charge in [0.1, 0.15) is 0 Å². The average molecular weight is 501 g/mol. The number of carbonyl (C=O) groups is 2. The first-order valence-corrected chi connectivity index (χ1v) is 13.0. The van der Waals surface area contributed by atoms with Gasteiger partial charge in [-0.05, 0) is 66.1 Å². The second-order valence-electron chi connectivity index (χ2n) is 7.58. The van der Waals surface area contributed by atoms with Crippen molar-refractivity contribution in [1.29, 1.82) is 0 Å². The van der Waals surface area contributed by atoms with Crippen LogP contribution in [0.25, 0.3) is 0 Å². The summed E-state index contributed by atoms with van der Waals surface area (Å²) in [5.41, 5.74) is 3.80. The van der Waals surface area contributed by atoms with Gasteiger partial charge in [0, 0.05) is 23.8 Å². The number of hydrogen-bond donors (Lipinski definition) is 2. The largest absolute Gasteiger partial charge is 0.325 e. The summed E-state index contributed by atoms with van der Waals surface area (Å²) >= 11 is 2.81. The molecule has 2 aromatic carbocycles. The number of carbonyl (C=O) groups excluding carboxylic acids is 2.